The van der Waals surface area contributed by atoms with Gasteiger partial charge in [-0.2, -0.15) is 0 Å². The van der Waals surface area contributed by atoms with Gasteiger partial charge in [-0.25, -0.2) is 19.3 Å². The maximum absolute atomic E-state index is 6.29. The molecule has 0 bridgehead atoms. The van der Waals surface area contributed by atoms with E-state index in [1.165, 1.54) is 4.90 Å². The van der Waals surface area contributed by atoms with Crippen LogP contribution in [-0.2, 0) is 0 Å². The molecule has 0 aliphatic carbocycles. The standard InChI is InChI=1S/C26H22Cl2N6S2.2H2O/c27-18-6-8-21(9-7-18)36-33-12-2-5-20(16-33)30-25-29-11-10-22(31-25)24-23(17-3-1-4-19(28)15-17)32-26-34(24)13-14-35-26;;/h1,3-4,6-11,13-15,20H,2,5,12,16H2,(H,29,30,31);2*1H2/t20-;;/m1../s1. The summed E-state index contributed by atoms with van der Waals surface area (Å²) in [7, 11) is 0. The first-order valence-corrected chi connectivity index (χ1v) is 14.0. The molecule has 1 atom stereocenters. The molecule has 0 radical (unpaired) electrons. The molecule has 5 aromatic rings. The van der Waals surface area contributed by atoms with Crippen LogP contribution in [0.5, 0.6) is 0 Å². The predicted octanol–water partition coefficient (Wildman–Crippen LogP) is 5.76. The van der Waals surface area contributed by atoms with E-state index in [1.54, 1.807) is 29.5 Å². The fourth-order valence-corrected chi connectivity index (χ4v) is 6.46. The van der Waals surface area contributed by atoms with Crippen LogP contribution in [0.15, 0.2) is 77.3 Å². The van der Waals surface area contributed by atoms with Crippen LogP contribution in [0.3, 0.4) is 0 Å². The molecule has 12 heteroatoms. The SMILES string of the molecule is Clc1ccc(SN2CCC[C@@H](Nc3nccc(-c4c(-c5cccc(Cl)c5)nc5sccn45)n3)C2)cc1.O.O. The van der Waals surface area contributed by atoms with E-state index in [0.29, 0.717) is 11.0 Å². The Morgan fingerprint density at radius 3 is 2.66 bits per heavy atom. The van der Waals surface area contributed by atoms with Crippen LogP contribution in [0.2, 0.25) is 10.0 Å². The summed E-state index contributed by atoms with van der Waals surface area (Å²) < 4.78 is 4.47. The number of benzene rings is 2. The lowest BCUT2D eigenvalue weighted by molar-refractivity contribution is 0.355. The third-order valence-corrected chi connectivity index (χ3v) is 8.34. The van der Waals surface area contributed by atoms with Gasteiger partial charge < -0.3 is 16.3 Å². The molecular formula is C26H26Cl2N6O2S2. The van der Waals surface area contributed by atoms with Gasteiger partial charge in [0.1, 0.15) is 5.69 Å². The Bertz CT molecular complexity index is 1510. The molecule has 1 fully saturated rings. The van der Waals surface area contributed by atoms with Crippen molar-refractivity contribution in [3.05, 3.63) is 82.4 Å². The molecule has 0 saturated carbocycles. The molecule has 0 amide bonds. The van der Waals surface area contributed by atoms with Gasteiger partial charge in [-0.1, -0.05) is 35.3 Å². The van der Waals surface area contributed by atoms with Crippen molar-refractivity contribution in [3.63, 3.8) is 0 Å². The van der Waals surface area contributed by atoms with Crippen LogP contribution in [0.25, 0.3) is 27.6 Å². The number of anilines is 1. The van der Waals surface area contributed by atoms with Gasteiger partial charge in [0, 0.05) is 57.4 Å². The van der Waals surface area contributed by atoms with Crippen molar-refractivity contribution in [2.45, 2.75) is 23.8 Å². The normalized spacial score (nSPS) is 15.6. The van der Waals surface area contributed by atoms with Crippen molar-refractivity contribution in [3.8, 4) is 22.6 Å². The van der Waals surface area contributed by atoms with Gasteiger partial charge in [0.05, 0.1) is 11.4 Å². The monoisotopic (exact) mass is 588 g/mol. The summed E-state index contributed by atoms with van der Waals surface area (Å²) in [5, 5.41) is 7.04. The molecule has 8 nitrogen and oxygen atoms in total. The number of imidazole rings is 1. The molecule has 1 aliphatic heterocycles. The molecule has 0 unspecified atom stereocenters. The Balaban J connectivity index is 0.00000168. The number of fused-ring (bicyclic) bond motifs is 1. The topological polar surface area (TPSA) is 121 Å². The highest BCUT2D eigenvalue weighted by Gasteiger charge is 2.23. The van der Waals surface area contributed by atoms with Crippen molar-refractivity contribution in [1.82, 2.24) is 23.7 Å². The zero-order valence-corrected chi connectivity index (χ0v) is 23.3. The lowest BCUT2D eigenvalue weighted by atomic mass is 10.1. The third kappa shape index (κ3) is 6.13. The van der Waals surface area contributed by atoms with Crippen LogP contribution >= 0.6 is 46.5 Å². The van der Waals surface area contributed by atoms with E-state index in [1.807, 2.05) is 54.0 Å². The van der Waals surface area contributed by atoms with E-state index in [0.717, 1.165) is 58.6 Å². The largest absolute Gasteiger partial charge is 0.412 e. The van der Waals surface area contributed by atoms with Gasteiger partial charge in [-0.3, -0.25) is 4.40 Å². The van der Waals surface area contributed by atoms with Crippen molar-refractivity contribution in [2.75, 3.05) is 18.4 Å². The number of hydrogen-bond acceptors (Lipinski definition) is 7. The first-order chi connectivity index (χ1) is 17.6. The van der Waals surface area contributed by atoms with Crippen LogP contribution in [0.4, 0.5) is 5.95 Å². The lowest BCUT2D eigenvalue weighted by Gasteiger charge is -2.32. The fraction of sp³-hybridized carbons (Fsp3) is 0.192. The Labute approximate surface area is 238 Å². The minimum absolute atomic E-state index is 0. The average molecular weight is 590 g/mol. The Hall–Kier alpha value is -2.70. The minimum atomic E-state index is 0. The van der Waals surface area contributed by atoms with E-state index in [9.17, 15) is 0 Å². The summed E-state index contributed by atoms with van der Waals surface area (Å²) in [6.45, 7) is 1.94. The molecule has 5 N–H and O–H groups in total. The number of hydrogen-bond donors (Lipinski definition) is 1. The zero-order chi connectivity index (χ0) is 24.5. The fourth-order valence-electron chi connectivity index (χ4n) is 4.40. The second-order valence-electron chi connectivity index (χ2n) is 8.56. The number of nitrogens with one attached hydrogen (secondary N) is 1. The Morgan fingerprint density at radius 1 is 1.00 bits per heavy atom. The third-order valence-electron chi connectivity index (χ3n) is 6.02. The Morgan fingerprint density at radius 2 is 1.84 bits per heavy atom. The van der Waals surface area contributed by atoms with Crippen molar-refractivity contribution in [2.24, 2.45) is 0 Å². The van der Waals surface area contributed by atoms with Crippen molar-refractivity contribution >= 4 is 57.4 Å². The molecule has 0 spiro atoms. The maximum atomic E-state index is 6.29. The van der Waals surface area contributed by atoms with Crippen LogP contribution in [0, 0.1) is 0 Å². The second-order valence-corrected chi connectivity index (χ2v) is 11.5. The van der Waals surface area contributed by atoms with E-state index in [4.69, 9.17) is 33.2 Å². The first kappa shape index (κ1) is 28.3. The number of rotatable bonds is 6. The summed E-state index contributed by atoms with van der Waals surface area (Å²) in [5.74, 6) is 0.623. The summed E-state index contributed by atoms with van der Waals surface area (Å²) in [6, 6.07) is 18.0. The van der Waals surface area contributed by atoms with E-state index in [2.05, 4.69) is 31.1 Å². The number of aromatic nitrogens is 4. The van der Waals surface area contributed by atoms with Gasteiger partial charge in [0.15, 0.2) is 4.96 Å². The van der Waals surface area contributed by atoms with E-state index < -0.39 is 0 Å². The molecule has 38 heavy (non-hydrogen) atoms. The van der Waals surface area contributed by atoms with Gasteiger partial charge in [0.2, 0.25) is 5.95 Å². The molecule has 1 aliphatic rings. The van der Waals surface area contributed by atoms with Gasteiger partial charge in [0.25, 0.3) is 0 Å². The molecule has 4 heterocycles. The maximum Gasteiger partial charge on any atom is 0.223 e. The van der Waals surface area contributed by atoms with Crippen molar-refractivity contribution in [1.29, 1.82) is 0 Å². The van der Waals surface area contributed by atoms with E-state index in [-0.39, 0.29) is 17.0 Å². The van der Waals surface area contributed by atoms with Crippen LogP contribution in [-0.4, -0.2) is 53.7 Å². The number of piperidine rings is 1. The predicted molar refractivity (Wildman–Crippen MR) is 157 cm³/mol. The number of nitrogens with zero attached hydrogens (tertiary/aromatic N) is 5. The highest BCUT2D eigenvalue weighted by Crippen LogP contribution is 2.35. The number of thiazole rings is 1. The lowest BCUT2D eigenvalue weighted by Crippen LogP contribution is -2.38. The molecule has 1 saturated heterocycles. The molecule has 6 rings (SSSR count). The quantitative estimate of drug-likeness (QED) is 0.251. The highest BCUT2D eigenvalue weighted by molar-refractivity contribution is 7.97. The summed E-state index contributed by atoms with van der Waals surface area (Å²) in [5.41, 5.74) is 3.57. The van der Waals surface area contributed by atoms with Crippen molar-refractivity contribution < 1.29 is 11.0 Å². The zero-order valence-electron chi connectivity index (χ0n) is 20.1. The van der Waals surface area contributed by atoms with Gasteiger partial charge in [-0.05, 0) is 67.3 Å². The highest BCUT2D eigenvalue weighted by atomic mass is 35.5. The summed E-state index contributed by atoms with van der Waals surface area (Å²) >= 11 is 15.7. The van der Waals surface area contributed by atoms with Gasteiger partial charge in [-0.15, -0.1) is 11.3 Å². The Kier molecular flexibility index (Phi) is 9.27. The second kappa shape index (κ2) is 12.4. The summed E-state index contributed by atoms with van der Waals surface area (Å²) in [6.07, 6.45) is 6.01. The minimum Gasteiger partial charge on any atom is -0.412 e. The van der Waals surface area contributed by atoms with E-state index >= 15 is 0 Å². The average Bonchev–Trinajstić information content (AvgIpc) is 3.48. The summed E-state index contributed by atoms with van der Waals surface area (Å²) in [4.78, 5) is 16.4. The molecule has 198 valence electrons. The first-order valence-electron chi connectivity index (χ1n) is 11.6. The van der Waals surface area contributed by atoms with Crippen LogP contribution < -0.4 is 5.32 Å². The van der Waals surface area contributed by atoms with Crippen LogP contribution in [0.1, 0.15) is 12.8 Å². The smallest absolute Gasteiger partial charge is 0.223 e. The number of halogens is 2. The molecule has 3 aromatic heterocycles. The molecule has 2 aromatic carbocycles. The van der Waals surface area contributed by atoms with Gasteiger partial charge >= 0.3 is 0 Å². The molecular weight excluding hydrogens is 563 g/mol.